The van der Waals surface area contributed by atoms with Gasteiger partial charge in [0, 0.05) is 24.1 Å². The van der Waals surface area contributed by atoms with Crippen LogP contribution in [0.4, 0.5) is 0 Å². The Labute approximate surface area is 103 Å². The van der Waals surface area contributed by atoms with E-state index in [1.165, 1.54) is 12.3 Å². The van der Waals surface area contributed by atoms with E-state index < -0.39 is 5.97 Å². The Bertz CT molecular complexity index is 624. The Morgan fingerprint density at radius 1 is 1.22 bits per heavy atom. The van der Waals surface area contributed by atoms with E-state index in [9.17, 15) is 4.79 Å². The average Bonchev–Trinajstić information content (AvgIpc) is 2.59. The topological polar surface area (TPSA) is 68.7 Å². The summed E-state index contributed by atoms with van der Waals surface area (Å²) in [6, 6.07) is 4.89. The number of carbonyl (C=O) groups is 1. The Balaban J connectivity index is 2.25. The van der Waals surface area contributed by atoms with Gasteiger partial charge < -0.3 is 14.6 Å². The van der Waals surface area contributed by atoms with Gasteiger partial charge in [0.05, 0.1) is 24.3 Å². The van der Waals surface area contributed by atoms with Gasteiger partial charge in [-0.05, 0) is 12.1 Å². The molecular formula is C13H11NO4. The maximum absolute atomic E-state index is 11.2. The van der Waals surface area contributed by atoms with E-state index >= 15 is 0 Å². The highest BCUT2D eigenvalue weighted by Crippen LogP contribution is 2.34. The molecule has 0 saturated carbocycles. The molecule has 0 amide bonds. The van der Waals surface area contributed by atoms with Crippen molar-refractivity contribution in [2.75, 3.05) is 13.2 Å². The number of aromatic nitrogens is 1. The first-order chi connectivity index (χ1) is 8.75. The van der Waals surface area contributed by atoms with Gasteiger partial charge in [-0.15, -0.1) is 0 Å². The minimum absolute atomic E-state index is 0.218. The molecular weight excluding hydrogens is 234 g/mol. The summed E-state index contributed by atoms with van der Waals surface area (Å²) in [5.74, 6) is 0.224. The third-order valence-corrected chi connectivity index (χ3v) is 2.84. The molecule has 0 spiro atoms. The fourth-order valence-corrected chi connectivity index (χ4v) is 1.99. The van der Waals surface area contributed by atoms with Gasteiger partial charge in [-0.25, -0.2) is 4.79 Å². The molecule has 0 saturated heterocycles. The van der Waals surface area contributed by atoms with E-state index in [2.05, 4.69) is 4.98 Å². The van der Waals surface area contributed by atoms with E-state index in [4.69, 9.17) is 14.6 Å². The molecule has 2 heterocycles. The minimum Gasteiger partial charge on any atom is -0.490 e. The van der Waals surface area contributed by atoms with Crippen molar-refractivity contribution in [3.63, 3.8) is 0 Å². The lowest BCUT2D eigenvalue weighted by Gasteiger charge is -2.09. The summed E-state index contributed by atoms with van der Waals surface area (Å²) >= 11 is 0. The fraction of sp³-hybridized carbons (Fsp3) is 0.231. The fourth-order valence-electron chi connectivity index (χ4n) is 1.99. The predicted molar refractivity (Wildman–Crippen MR) is 64.3 cm³/mol. The number of benzene rings is 1. The van der Waals surface area contributed by atoms with Crippen LogP contribution in [0.5, 0.6) is 11.5 Å². The standard InChI is InChI=1S/C13H11NO4/c15-13(16)8-2-3-14-10-7-12-11(6-9(8)10)17-4-1-5-18-12/h2-3,6-7H,1,4-5H2,(H,15,16). The highest BCUT2D eigenvalue weighted by Gasteiger charge is 2.15. The molecule has 2 aromatic rings. The quantitative estimate of drug-likeness (QED) is 0.833. The normalized spacial score (nSPS) is 14.2. The van der Waals surface area contributed by atoms with Crippen molar-refractivity contribution < 1.29 is 19.4 Å². The summed E-state index contributed by atoms with van der Waals surface area (Å²) in [5.41, 5.74) is 0.815. The number of nitrogens with zero attached hydrogens (tertiary/aromatic N) is 1. The number of fused-ring (bicyclic) bond motifs is 2. The van der Waals surface area contributed by atoms with E-state index in [-0.39, 0.29) is 5.56 Å². The smallest absolute Gasteiger partial charge is 0.336 e. The summed E-state index contributed by atoms with van der Waals surface area (Å²) in [4.78, 5) is 15.3. The van der Waals surface area contributed by atoms with Gasteiger partial charge in [-0.2, -0.15) is 0 Å². The molecule has 0 aliphatic carbocycles. The lowest BCUT2D eigenvalue weighted by molar-refractivity contribution is 0.0699. The third-order valence-electron chi connectivity index (χ3n) is 2.84. The zero-order valence-corrected chi connectivity index (χ0v) is 9.55. The lowest BCUT2D eigenvalue weighted by Crippen LogP contribution is -1.99. The molecule has 1 aliphatic heterocycles. The summed E-state index contributed by atoms with van der Waals surface area (Å²) in [6.07, 6.45) is 2.29. The van der Waals surface area contributed by atoms with Crippen molar-refractivity contribution in [3.8, 4) is 11.5 Å². The van der Waals surface area contributed by atoms with Crippen LogP contribution in [-0.2, 0) is 0 Å². The van der Waals surface area contributed by atoms with Crippen LogP contribution < -0.4 is 9.47 Å². The molecule has 1 N–H and O–H groups in total. The Hall–Kier alpha value is -2.30. The molecule has 0 unspecified atom stereocenters. The molecule has 1 aromatic heterocycles. The summed E-state index contributed by atoms with van der Waals surface area (Å²) in [6.45, 7) is 1.16. The van der Waals surface area contributed by atoms with Crippen molar-refractivity contribution in [3.05, 3.63) is 30.0 Å². The van der Waals surface area contributed by atoms with E-state index in [0.29, 0.717) is 35.6 Å². The van der Waals surface area contributed by atoms with Crippen LogP contribution in [-0.4, -0.2) is 29.3 Å². The predicted octanol–water partition coefficient (Wildman–Crippen LogP) is 2.09. The first-order valence-electron chi connectivity index (χ1n) is 5.67. The van der Waals surface area contributed by atoms with E-state index in [1.807, 2.05) is 0 Å². The Morgan fingerprint density at radius 3 is 2.67 bits per heavy atom. The number of carboxylic acid groups (broad SMARTS) is 1. The largest absolute Gasteiger partial charge is 0.490 e. The minimum atomic E-state index is -0.975. The van der Waals surface area contributed by atoms with Crippen LogP contribution in [0.15, 0.2) is 24.4 Å². The number of ether oxygens (including phenoxy) is 2. The molecule has 1 aromatic carbocycles. The Morgan fingerprint density at radius 2 is 1.94 bits per heavy atom. The average molecular weight is 245 g/mol. The molecule has 18 heavy (non-hydrogen) atoms. The number of rotatable bonds is 1. The molecule has 0 bridgehead atoms. The molecule has 3 rings (SSSR count). The molecule has 5 nitrogen and oxygen atoms in total. The monoisotopic (exact) mass is 245 g/mol. The van der Waals surface area contributed by atoms with Crippen molar-refractivity contribution in [2.45, 2.75) is 6.42 Å². The highest BCUT2D eigenvalue weighted by molar-refractivity contribution is 6.03. The van der Waals surface area contributed by atoms with E-state index in [0.717, 1.165) is 6.42 Å². The third kappa shape index (κ3) is 1.73. The highest BCUT2D eigenvalue weighted by atomic mass is 16.5. The van der Waals surface area contributed by atoms with Crippen LogP contribution in [0.1, 0.15) is 16.8 Å². The Kier molecular flexibility index (Phi) is 2.51. The van der Waals surface area contributed by atoms with Crippen LogP contribution in [0.3, 0.4) is 0 Å². The maximum atomic E-state index is 11.2. The summed E-state index contributed by atoms with van der Waals surface area (Å²) in [5, 5.41) is 9.71. The second kappa shape index (κ2) is 4.18. The van der Waals surface area contributed by atoms with Gasteiger partial charge in [0.15, 0.2) is 11.5 Å². The number of hydrogen-bond acceptors (Lipinski definition) is 4. The number of pyridine rings is 1. The number of aromatic carboxylic acids is 1. The van der Waals surface area contributed by atoms with Gasteiger partial charge in [-0.3, -0.25) is 4.98 Å². The van der Waals surface area contributed by atoms with Crippen molar-refractivity contribution in [1.82, 2.24) is 4.98 Å². The van der Waals surface area contributed by atoms with Crippen LogP contribution >= 0.6 is 0 Å². The lowest BCUT2D eigenvalue weighted by atomic mass is 10.1. The van der Waals surface area contributed by atoms with E-state index in [1.54, 1.807) is 12.1 Å². The van der Waals surface area contributed by atoms with Gasteiger partial charge >= 0.3 is 5.97 Å². The summed E-state index contributed by atoms with van der Waals surface area (Å²) < 4.78 is 11.1. The molecule has 5 heteroatoms. The van der Waals surface area contributed by atoms with Crippen LogP contribution in [0.25, 0.3) is 10.9 Å². The molecule has 0 fully saturated rings. The second-order valence-corrected chi connectivity index (χ2v) is 4.03. The van der Waals surface area contributed by atoms with Crippen molar-refractivity contribution in [2.24, 2.45) is 0 Å². The zero-order chi connectivity index (χ0) is 12.5. The van der Waals surface area contributed by atoms with Crippen LogP contribution in [0, 0.1) is 0 Å². The number of carboxylic acids is 1. The maximum Gasteiger partial charge on any atom is 0.336 e. The first-order valence-corrected chi connectivity index (χ1v) is 5.67. The molecule has 0 radical (unpaired) electrons. The van der Waals surface area contributed by atoms with Gasteiger partial charge in [-0.1, -0.05) is 0 Å². The van der Waals surface area contributed by atoms with Crippen molar-refractivity contribution >= 4 is 16.9 Å². The number of hydrogen-bond donors (Lipinski definition) is 1. The van der Waals surface area contributed by atoms with Crippen molar-refractivity contribution in [1.29, 1.82) is 0 Å². The van der Waals surface area contributed by atoms with Gasteiger partial charge in [0.2, 0.25) is 0 Å². The summed E-state index contributed by atoms with van der Waals surface area (Å²) in [7, 11) is 0. The zero-order valence-electron chi connectivity index (χ0n) is 9.55. The van der Waals surface area contributed by atoms with Gasteiger partial charge in [0.25, 0.3) is 0 Å². The first kappa shape index (κ1) is 10.8. The van der Waals surface area contributed by atoms with Gasteiger partial charge in [0.1, 0.15) is 0 Å². The molecule has 92 valence electrons. The van der Waals surface area contributed by atoms with Crippen LogP contribution in [0.2, 0.25) is 0 Å². The SMILES string of the molecule is O=C(O)c1ccnc2cc3c(cc12)OCCCO3. The molecule has 0 atom stereocenters. The molecule has 1 aliphatic rings. The second-order valence-electron chi connectivity index (χ2n) is 4.03.